The average molecular weight is 279 g/mol. The SMILES string of the molecule is COc1ccc(-c2cccn2-c2ccccc2)c(OC)c1. The highest BCUT2D eigenvalue weighted by atomic mass is 16.5. The molecule has 1 aromatic heterocycles. The summed E-state index contributed by atoms with van der Waals surface area (Å²) in [4.78, 5) is 0. The van der Waals surface area contributed by atoms with Crippen LogP contribution in [0.5, 0.6) is 11.5 Å². The zero-order valence-electron chi connectivity index (χ0n) is 12.1. The third-order valence-electron chi connectivity index (χ3n) is 3.47. The van der Waals surface area contributed by atoms with Crippen LogP contribution < -0.4 is 9.47 Å². The van der Waals surface area contributed by atoms with Crippen LogP contribution in [0.4, 0.5) is 0 Å². The van der Waals surface area contributed by atoms with Gasteiger partial charge in [-0.15, -0.1) is 0 Å². The summed E-state index contributed by atoms with van der Waals surface area (Å²) in [5, 5.41) is 0. The van der Waals surface area contributed by atoms with Gasteiger partial charge in [0.15, 0.2) is 0 Å². The third kappa shape index (κ3) is 2.50. The quantitative estimate of drug-likeness (QED) is 0.716. The molecule has 0 aliphatic rings. The Labute approximate surface area is 124 Å². The maximum Gasteiger partial charge on any atom is 0.131 e. The van der Waals surface area contributed by atoms with E-state index in [0.29, 0.717) is 0 Å². The fraction of sp³-hybridized carbons (Fsp3) is 0.111. The highest BCUT2D eigenvalue weighted by Gasteiger charge is 2.12. The number of nitrogens with zero attached hydrogens (tertiary/aromatic N) is 1. The number of ether oxygens (including phenoxy) is 2. The van der Waals surface area contributed by atoms with Gasteiger partial charge in [0, 0.05) is 23.5 Å². The second-order valence-electron chi connectivity index (χ2n) is 4.67. The first-order chi connectivity index (χ1) is 10.3. The Morgan fingerprint density at radius 1 is 0.810 bits per heavy atom. The Kier molecular flexibility index (Phi) is 3.65. The summed E-state index contributed by atoms with van der Waals surface area (Å²) in [6.07, 6.45) is 2.05. The largest absolute Gasteiger partial charge is 0.497 e. The second kappa shape index (κ2) is 5.75. The summed E-state index contributed by atoms with van der Waals surface area (Å²) in [7, 11) is 3.33. The van der Waals surface area contributed by atoms with E-state index in [4.69, 9.17) is 9.47 Å². The summed E-state index contributed by atoms with van der Waals surface area (Å²) in [6, 6.07) is 20.2. The van der Waals surface area contributed by atoms with Gasteiger partial charge < -0.3 is 14.0 Å². The van der Waals surface area contributed by atoms with Gasteiger partial charge in [-0.3, -0.25) is 0 Å². The standard InChI is InChI=1S/C18H17NO2/c1-20-15-10-11-16(18(13-15)21-2)17-9-6-12-19(17)14-7-4-3-5-8-14/h3-13H,1-2H3. The van der Waals surface area contributed by atoms with Crippen LogP contribution >= 0.6 is 0 Å². The molecule has 1 heterocycles. The smallest absolute Gasteiger partial charge is 0.131 e. The number of benzene rings is 2. The van der Waals surface area contributed by atoms with E-state index in [1.165, 1.54) is 0 Å². The molecule has 0 fully saturated rings. The zero-order chi connectivity index (χ0) is 14.7. The lowest BCUT2D eigenvalue weighted by atomic mass is 10.1. The third-order valence-corrected chi connectivity index (χ3v) is 3.47. The molecule has 0 spiro atoms. The molecular weight excluding hydrogens is 262 g/mol. The Morgan fingerprint density at radius 3 is 2.33 bits per heavy atom. The van der Waals surface area contributed by atoms with E-state index in [-0.39, 0.29) is 0 Å². The highest BCUT2D eigenvalue weighted by Crippen LogP contribution is 2.34. The van der Waals surface area contributed by atoms with Crippen LogP contribution in [-0.2, 0) is 0 Å². The van der Waals surface area contributed by atoms with Gasteiger partial charge in [-0.05, 0) is 36.4 Å². The van der Waals surface area contributed by atoms with Crippen LogP contribution in [0, 0.1) is 0 Å². The molecule has 0 saturated carbocycles. The van der Waals surface area contributed by atoms with Gasteiger partial charge in [0.1, 0.15) is 11.5 Å². The van der Waals surface area contributed by atoms with Crippen molar-refractivity contribution in [2.75, 3.05) is 14.2 Å². The van der Waals surface area contributed by atoms with Crippen LogP contribution in [0.25, 0.3) is 16.9 Å². The van der Waals surface area contributed by atoms with Crippen molar-refractivity contribution in [2.45, 2.75) is 0 Å². The maximum atomic E-state index is 5.51. The Morgan fingerprint density at radius 2 is 1.62 bits per heavy atom. The zero-order valence-corrected chi connectivity index (χ0v) is 12.1. The van der Waals surface area contributed by atoms with E-state index in [2.05, 4.69) is 22.8 Å². The van der Waals surface area contributed by atoms with Crippen molar-refractivity contribution < 1.29 is 9.47 Å². The molecule has 0 aliphatic carbocycles. The molecule has 3 heteroatoms. The molecule has 0 aliphatic heterocycles. The normalized spacial score (nSPS) is 10.4. The van der Waals surface area contributed by atoms with Crippen molar-refractivity contribution in [2.24, 2.45) is 0 Å². The van der Waals surface area contributed by atoms with Crippen molar-refractivity contribution >= 4 is 0 Å². The summed E-state index contributed by atoms with van der Waals surface area (Å²) in [6.45, 7) is 0. The maximum absolute atomic E-state index is 5.51. The lowest BCUT2D eigenvalue weighted by molar-refractivity contribution is 0.395. The van der Waals surface area contributed by atoms with E-state index >= 15 is 0 Å². The van der Waals surface area contributed by atoms with Gasteiger partial charge in [-0.2, -0.15) is 0 Å². The molecular formula is C18H17NO2. The molecule has 2 aromatic carbocycles. The summed E-state index contributed by atoms with van der Waals surface area (Å²) in [5.41, 5.74) is 3.24. The van der Waals surface area contributed by atoms with Crippen LogP contribution in [0.3, 0.4) is 0 Å². The first-order valence-corrected chi connectivity index (χ1v) is 6.78. The minimum Gasteiger partial charge on any atom is -0.497 e. The van der Waals surface area contributed by atoms with Crippen molar-refractivity contribution in [1.29, 1.82) is 0 Å². The molecule has 3 rings (SSSR count). The first kappa shape index (κ1) is 13.3. The van der Waals surface area contributed by atoms with Gasteiger partial charge in [0.05, 0.1) is 19.9 Å². The topological polar surface area (TPSA) is 23.4 Å². The first-order valence-electron chi connectivity index (χ1n) is 6.78. The van der Waals surface area contributed by atoms with Gasteiger partial charge in [0.2, 0.25) is 0 Å². The lowest BCUT2D eigenvalue weighted by Gasteiger charge is -2.13. The van der Waals surface area contributed by atoms with Crippen molar-refractivity contribution in [3.8, 4) is 28.4 Å². The van der Waals surface area contributed by atoms with E-state index < -0.39 is 0 Å². The van der Waals surface area contributed by atoms with E-state index in [1.807, 2.05) is 48.7 Å². The summed E-state index contributed by atoms with van der Waals surface area (Å²) >= 11 is 0. The average Bonchev–Trinajstić information content (AvgIpc) is 3.04. The van der Waals surface area contributed by atoms with Gasteiger partial charge in [-0.25, -0.2) is 0 Å². The molecule has 0 atom stereocenters. The molecule has 3 aromatic rings. The summed E-state index contributed by atoms with van der Waals surface area (Å²) < 4.78 is 12.9. The van der Waals surface area contributed by atoms with Crippen LogP contribution in [0.1, 0.15) is 0 Å². The van der Waals surface area contributed by atoms with Gasteiger partial charge >= 0.3 is 0 Å². The second-order valence-corrected chi connectivity index (χ2v) is 4.67. The molecule has 21 heavy (non-hydrogen) atoms. The predicted molar refractivity (Wildman–Crippen MR) is 84.3 cm³/mol. The number of hydrogen-bond donors (Lipinski definition) is 0. The van der Waals surface area contributed by atoms with E-state index in [9.17, 15) is 0 Å². The van der Waals surface area contributed by atoms with Gasteiger partial charge in [0.25, 0.3) is 0 Å². The van der Waals surface area contributed by atoms with E-state index in [1.54, 1.807) is 14.2 Å². The number of hydrogen-bond acceptors (Lipinski definition) is 2. The van der Waals surface area contributed by atoms with Crippen LogP contribution in [0.2, 0.25) is 0 Å². The molecule has 0 N–H and O–H groups in total. The fourth-order valence-corrected chi connectivity index (χ4v) is 2.42. The summed E-state index contributed by atoms with van der Waals surface area (Å²) in [5.74, 6) is 1.58. The van der Waals surface area contributed by atoms with E-state index in [0.717, 1.165) is 28.4 Å². The molecule has 0 saturated heterocycles. The molecule has 106 valence electrons. The number of methoxy groups -OCH3 is 2. The monoisotopic (exact) mass is 279 g/mol. The molecule has 0 radical (unpaired) electrons. The lowest BCUT2D eigenvalue weighted by Crippen LogP contribution is -1.97. The number of aromatic nitrogens is 1. The van der Waals surface area contributed by atoms with Gasteiger partial charge in [-0.1, -0.05) is 18.2 Å². The molecule has 0 unspecified atom stereocenters. The minimum atomic E-state index is 0.786. The Balaban J connectivity index is 2.12. The molecule has 0 amide bonds. The Bertz CT molecular complexity index is 732. The Hall–Kier alpha value is -2.68. The minimum absolute atomic E-state index is 0.786. The number of para-hydroxylation sites is 1. The van der Waals surface area contributed by atoms with Crippen molar-refractivity contribution in [1.82, 2.24) is 4.57 Å². The molecule has 0 bridgehead atoms. The highest BCUT2D eigenvalue weighted by molar-refractivity contribution is 5.71. The number of rotatable bonds is 4. The molecule has 3 nitrogen and oxygen atoms in total. The van der Waals surface area contributed by atoms with Crippen molar-refractivity contribution in [3.05, 3.63) is 66.9 Å². The predicted octanol–water partition coefficient (Wildman–Crippen LogP) is 4.16. The fourth-order valence-electron chi connectivity index (χ4n) is 2.42. The van der Waals surface area contributed by atoms with Crippen molar-refractivity contribution in [3.63, 3.8) is 0 Å². The van der Waals surface area contributed by atoms with Crippen LogP contribution in [-0.4, -0.2) is 18.8 Å². The van der Waals surface area contributed by atoms with Crippen LogP contribution in [0.15, 0.2) is 66.9 Å².